The normalized spacial score (nSPS) is 17.7. The number of hydrogen-bond donors (Lipinski definition) is 10. The van der Waals surface area contributed by atoms with Gasteiger partial charge in [0.25, 0.3) is 0 Å². The van der Waals surface area contributed by atoms with Crippen molar-refractivity contribution in [2.24, 2.45) is 54.1 Å². The van der Waals surface area contributed by atoms with Gasteiger partial charge in [0.1, 0.15) is 66.1 Å². The first kappa shape index (κ1) is 92.5. The molecule has 0 spiro atoms. The molecule has 31 nitrogen and oxygen atoms in total. The first-order valence-electron chi connectivity index (χ1n) is 33.8. The van der Waals surface area contributed by atoms with E-state index in [4.69, 9.17) is 47.4 Å². The molecule has 0 aliphatic rings. The van der Waals surface area contributed by atoms with E-state index in [1.165, 1.54) is 76.2 Å². The Balaban J connectivity index is 4.89. The van der Waals surface area contributed by atoms with Crippen LogP contribution in [0.4, 0.5) is 0 Å². The number of nitrogens with zero attached hydrogens (tertiary/aromatic N) is 1. The number of aliphatic hydroxyl groups is 10. The lowest BCUT2D eigenvalue weighted by Gasteiger charge is -2.47. The first-order valence-corrected chi connectivity index (χ1v) is 33.8. The third kappa shape index (κ3) is 26.9. The van der Waals surface area contributed by atoms with Gasteiger partial charge in [0.15, 0.2) is 0 Å². The van der Waals surface area contributed by atoms with Crippen LogP contribution in [-0.4, -0.2) is 248 Å². The average molecular weight is 1450 g/mol. The number of aliphatic hydroxyl groups excluding tert-OH is 10. The SMILES string of the molecule is CCC(C)(CC(C)(CC(C)(CC(C)(CC(C)(CC(C)(CC(C)(CC(C)(CC(C)(CC(C)(CC(C)(C)C(=O)OCCO)C(=O)OCCO)C(=O)OCCO)C(=O)OCCO)C(=O)OCCO)C(=O)OCCO)C(=O)OCCO)C(=O)OCCO)C(=O)OCCO)C(=O)OCCO)c1ccncc1. The summed E-state index contributed by atoms with van der Waals surface area (Å²) >= 11 is 0. The Labute approximate surface area is 591 Å². The summed E-state index contributed by atoms with van der Waals surface area (Å²) in [6.07, 6.45) is -3.33. The average Bonchev–Trinajstić information content (AvgIpc) is 0.768. The second-order valence-electron chi connectivity index (χ2n) is 29.4. The Morgan fingerprint density at radius 1 is 0.267 bits per heavy atom. The highest BCUT2D eigenvalue weighted by Crippen LogP contribution is 2.58. The summed E-state index contributed by atoms with van der Waals surface area (Å²) in [5, 5.41) is 99.7. The predicted molar refractivity (Wildman–Crippen MR) is 355 cm³/mol. The highest BCUT2D eigenvalue weighted by molar-refractivity contribution is 5.88. The minimum absolute atomic E-state index is 0.0634. The molecule has 1 rings (SSSR count). The molecule has 0 amide bonds. The lowest BCUT2D eigenvalue weighted by molar-refractivity contribution is -0.178. The molecule has 0 aromatic carbocycles. The number of ether oxygens (including phenoxy) is 10. The van der Waals surface area contributed by atoms with Crippen molar-refractivity contribution in [1.82, 2.24) is 4.98 Å². The number of pyridine rings is 1. The molecule has 0 bridgehead atoms. The van der Waals surface area contributed by atoms with Gasteiger partial charge in [-0.3, -0.25) is 52.9 Å². The van der Waals surface area contributed by atoms with Crippen molar-refractivity contribution in [2.45, 2.75) is 166 Å². The van der Waals surface area contributed by atoms with E-state index >= 15 is 28.8 Å². The van der Waals surface area contributed by atoms with E-state index < -0.39 is 309 Å². The quantitative estimate of drug-likeness (QED) is 0.0330. The van der Waals surface area contributed by atoms with Crippen molar-refractivity contribution in [1.29, 1.82) is 0 Å². The molecule has 1 heterocycles. The Morgan fingerprint density at radius 3 is 0.594 bits per heavy atom. The van der Waals surface area contributed by atoms with Crippen LogP contribution in [0, 0.1) is 54.1 Å². The Morgan fingerprint density at radius 2 is 0.426 bits per heavy atom. The van der Waals surface area contributed by atoms with Crippen LogP contribution in [0.15, 0.2) is 24.5 Å². The van der Waals surface area contributed by atoms with Crippen LogP contribution in [0.5, 0.6) is 0 Å². The van der Waals surface area contributed by atoms with Crippen molar-refractivity contribution in [3.05, 3.63) is 30.1 Å². The van der Waals surface area contributed by atoms with Crippen LogP contribution in [-0.2, 0) is 101 Å². The van der Waals surface area contributed by atoms with Crippen molar-refractivity contribution < 1.29 is 146 Å². The molecule has 0 fully saturated rings. The van der Waals surface area contributed by atoms with E-state index in [0.717, 1.165) is 5.56 Å². The van der Waals surface area contributed by atoms with Gasteiger partial charge in [-0.1, -0.05) is 13.8 Å². The van der Waals surface area contributed by atoms with Gasteiger partial charge >= 0.3 is 59.7 Å². The first-order chi connectivity index (χ1) is 47.1. The van der Waals surface area contributed by atoms with Crippen LogP contribution in [0.25, 0.3) is 0 Å². The zero-order valence-electron chi connectivity index (χ0n) is 61.3. The van der Waals surface area contributed by atoms with E-state index in [1.807, 2.05) is 13.8 Å². The topological polar surface area (TPSA) is 478 Å². The molecule has 0 aliphatic heterocycles. The number of carbonyl (C=O) groups is 10. The van der Waals surface area contributed by atoms with E-state index in [-0.39, 0.29) is 6.42 Å². The molecule has 580 valence electrons. The van der Waals surface area contributed by atoms with Gasteiger partial charge in [0.05, 0.1) is 120 Å². The molecular formula is C70H115NO30. The lowest BCUT2D eigenvalue weighted by atomic mass is 9.55. The van der Waals surface area contributed by atoms with E-state index in [9.17, 15) is 70.2 Å². The molecule has 31 heteroatoms. The summed E-state index contributed by atoms with van der Waals surface area (Å²) in [6.45, 7) is 4.71. The standard InChI is InChI=1S/C70H115NO30/c1-14-61(4,49-15-17-71-18-16-49)40-63(6,52(84)94-31-21-74)42-65(8,54(86)96-33-23-76)44-67(10,56(88)98-35-25-78)46-69(12,58(90)100-37-27-80)48-70(13,59(91)101-38-28-81)47-68(11,57(89)99-36-26-79)45-66(9,55(87)97-34-24-77)43-64(7,53(85)95-32-22-75)41-62(5,51(83)93-30-20-73)39-60(2,3)50(82)92-29-19-72/h15-18,72-81H,14,19-48H2,1-13H3. The van der Waals surface area contributed by atoms with Crippen molar-refractivity contribution >= 4 is 59.7 Å². The summed E-state index contributed by atoms with van der Waals surface area (Å²) in [7, 11) is 0. The third-order valence-electron chi connectivity index (χ3n) is 18.2. The largest absolute Gasteiger partial charge is 0.463 e. The summed E-state index contributed by atoms with van der Waals surface area (Å²) in [6, 6.07) is 3.49. The fourth-order valence-electron chi connectivity index (χ4n) is 15.0. The summed E-state index contributed by atoms with van der Waals surface area (Å²) in [5.41, 5.74) is -21.4. The minimum Gasteiger partial charge on any atom is -0.463 e. The van der Waals surface area contributed by atoms with Crippen LogP contribution in [0.2, 0.25) is 0 Å². The molecule has 10 N–H and O–H groups in total. The maximum absolute atomic E-state index is 15.3. The fourth-order valence-corrected chi connectivity index (χ4v) is 15.0. The van der Waals surface area contributed by atoms with Crippen LogP contribution in [0.3, 0.4) is 0 Å². The third-order valence-corrected chi connectivity index (χ3v) is 18.2. The predicted octanol–water partition coefficient (Wildman–Crippen LogP) is 2.09. The monoisotopic (exact) mass is 1450 g/mol. The smallest absolute Gasteiger partial charge is 0.311 e. The summed E-state index contributed by atoms with van der Waals surface area (Å²) < 4.78 is 55.7. The molecule has 0 saturated heterocycles. The van der Waals surface area contributed by atoms with Crippen molar-refractivity contribution in [3.8, 4) is 0 Å². The summed E-state index contributed by atoms with van der Waals surface area (Å²) in [4.78, 5) is 153. The molecule has 0 radical (unpaired) electrons. The Kier molecular flexibility index (Phi) is 38.1. The molecule has 0 aliphatic carbocycles. The highest BCUT2D eigenvalue weighted by atomic mass is 16.6. The van der Waals surface area contributed by atoms with Gasteiger partial charge in [-0.15, -0.1) is 0 Å². The molecular weight excluding hydrogens is 1330 g/mol. The van der Waals surface area contributed by atoms with Gasteiger partial charge in [-0.2, -0.15) is 0 Å². The Bertz CT molecular complexity index is 2820. The number of aromatic nitrogens is 1. The molecule has 1 aromatic heterocycles. The van der Waals surface area contributed by atoms with Gasteiger partial charge in [0, 0.05) is 12.4 Å². The highest BCUT2D eigenvalue weighted by Gasteiger charge is 2.61. The van der Waals surface area contributed by atoms with Crippen LogP contribution >= 0.6 is 0 Å². The summed E-state index contributed by atoms with van der Waals surface area (Å²) in [5.74, 6) is -11.3. The number of carbonyl (C=O) groups excluding carboxylic acids is 10. The van der Waals surface area contributed by atoms with E-state index in [2.05, 4.69) is 4.98 Å². The lowest BCUT2D eigenvalue weighted by Crippen LogP contribution is -2.52. The molecule has 10 atom stereocenters. The Hall–Kier alpha value is -6.55. The molecule has 1 aromatic rings. The van der Waals surface area contributed by atoms with Gasteiger partial charge in [0.2, 0.25) is 0 Å². The van der Waals surface area contributed by atoms with Crippen LogP contribution < -0.4 is 0 Å². The number of hydrogen-bond acceptors (Lipinski definition) is 31. The van der Waals surface area contributed by atoms with Crippen molar-refractivity contribution in [3.63, 3.8) is 0 Å². The van der Waals surface area contributed by atoms with Gasteiger partial charge in [-0.25, -0.2) is 0 Å². The van der Waals surface area contributed by atoms with E-state index in [1.54, 1.807) is 24.5 Å². The fraction of sp³-hybridized carbons (Fsp3) is 0.786. The van der Waals surface area contributed by atoms with Crippen LogP contribution in [0.1, 0.15) is 166 Å². The zero-order chi connectivity index (χ0) is 77.4. The van der Waals surface area contributed by atoms with E-state index in [0.29, 0.717) is 6.42 Å². The number of esters is 10. The molecule has 101 heavy (non-hydrogen) atoms. The second kappa shape index (κ2) is 41.7. The van der Waals surface area contributed by atoms with Gasteiger partial charge < -0.3 is 98.4 Å². The maximum atomic E-state index is 15.3. The van der Waals surface area contributed by atoms with Gasteiger partial charge in [-0.05, 0) is 170 Å². The van der Waals surface area contributed by atoms with Crippen molar-refractivity contribution in [2.75, 3.05) is 132 Å². The molecule has 10 unspecified atom stereocenters. The molecule has 0 saturated carbocycles. The maximum Gasteiger partial charge on any atom is 0.311 e. The minimum atomic E-state index is -2.37. The second-order valence-corrected chi connectivity index (χ2v) is 29.4. The zero-order valence-corrected chi connectivity index (χ0v) is 61.3. The number of rotatable bonds is 52.